The number of carbonyl (C=O) groups excluding carboxylic acids is 1. The predicted molar refractivity (Wildman–Crippen MR) is 109 cm³/mol. The number of hydrogen-bond acceptors (Lipinski definition) is 4. The second kappa shape index (κ2) is 7.60. The summed E-state index contributed by atoms with van der Waals surface area (Å²) in [6, 6.07) is 20.7. The van der Waals surface area contributed by atoms with E-state index in [4.69, 9.17) is 0 Å². The van der Waals surface area contributed by atoms with Gasteiger partial charge in [-0.15, -0.1) is 11.3 Å². The van der Waals surface area contributed by atoms with Crippen LogP contribution in [0.25, 0.3) is 21.3 Å². The predicted octanol–water partition coefficient (Wildman–Crippen LogP) is 4.64. The Kier molecular flexibility index (Phi) is 4.85. The van der Waals surface area contributed by atoms with Gasteiger partial charge in [-0.2, -0.15) is 0 Å². The molecule has 27 heavy (non-hydrogen) atoms. The summed E-state index contributed by atoms with van der Waals surface area (Å²) < 4.78 is 1.21. The molecular formula is C22H18N2O2S. The number of aromatic hydroxyl groups is 1. The quantitative estimate of drug-likeness (QED) is 0.535. The first-order valence-corrected chi connectivity index (χ1v) is 9.58. The zero-order valence-electron chi connectivity index (χ0n) is 14.6. The molecule has 2 aromatic heterocycles. The molecule has 0 spiro atoms. The molecule has 0 aliphatic carbocycles. The highest BCUT2D eigenvalue weighted by Crippen LogP contribution is 2.32. The lowest BCUT2D eigenvalue weighted by Crippen LogP contribution is -2.26. The first-order valence-electron chi connectivity index (χ1n) is 8.70. The molecule has 0 radical (unpaired) electrons. The monoisotopic (exact) mass is 374 g/mol. The number of phenols is 1. The van der Waals surface area contributed by atoms with E-state index in [9.17, 15) is 9.90 Å². The van der Waals surface area contributed by atoms with Gasteiger partial charge in [0.05, 0.1) is 5.69 Å². The summed E-state index contributed by atoms with van der Waals surface area (Å²) in [7, 11) is 0. The minimum atomic E-state index is -0.185. The van der Waals surface area contributed by atoms with Crippen LogP contribution in [0, 0.1) is 0 Å². The number of benzene rings is 2. The van der Waals surface area contributed by atoms with E-state index in [-0.39, 0.29) is 11.7 Å². The normalized spacial score (nSPS) is 10.8. The smallest absolute Gasteiger partial charge is 0.269 e. The molecule has 1 amide bonds. The summed E-state index contributed by atoms with van der Waals surface area (Å²) in [4.78, 5) is 17.0. The van der Waals surface area contributed by atoms with Gasteiger partial charge in [-0.05, 0) is 42.3 Å². The van der Waals surface area contributed by atoms with Gasteiger partial charge in [-0.3, -0.25) is 4.79 Å². The minimum absolute atomic E-state index is 0.185. The van der Waals surface area contributed by atoms with Gasteiger partial charge in [0.2, 0.25) is 0 Å². The summed E-state index contributed by atoms with van der Waals surface area (Å²) in [6.07, 6.45) is 0.695. The van der Waals surface area contributed by atoms with Crippen LogP contribution >= 0.6 is 11.3 Å². The largest absolute Gasteiger partial charge is 0.508 e. The summed E-state index contributed by atoms with van der Waals surface area (Å²) in [6.45, 7) is 0.511. The van der Waals surface area contributed by atoms with Crippen LogP contribution < -0.4 is 5.32 Å². The van der Waals surface area contributed by atoms with Gasteiger partial charge in [0, 0.05) is 27.6 Å². The van der Waals surface area contributed by atoms with Gasteiger partial charge in [-0.1, -0.05) is 36.4 Å². The van der Waals surface area contributed by atoms with Crippen molar-refractivity contribution in [3.8, 4) is 17.0 Å². The van der Waals surface area contributed by atoms with Crippen LogP contribution in [-0.4, -0.2) is 22.5 Å². The molecule has 4 nitrogen and oxygen atoms in total. The highest BCUT2D eigenvalue weighted by molar-refractivity contribution is 7.17. The number of nitrogens with one attached hydrogen (secondary N) is 1. The van der Waals surface area contributed by atoms with Crippen molar-refractivity contribution in [1.29, 1.82) is 0 Å². The third kappa shape index (κ3) is 3.83. The molecule has 4 aromatic rings. The van der Waals surface area contributed by atoms with Gasteiger partial charge < -0.3 is 10.4 Å². The van der Waals surface area contributed by atoms with Crippen molar-refractivity contribution in [2.45, 2.75) is 6.42 Å². The van der Waals surface area contributed by atoms with Crippen LogP contribution in [0.3, 0.4) is 0 Å². The van der Waals surface area contributed by atoms with E-state index >= 15 is 0 Å². The van der Waals surface area contributed by atoms with Crippen LogP contribution in [0.15, 0.2) is 72.1 Å². The van der Waals surface area contributed by atoms with Crippen molar-refractivity contribution < 1.29 is 9.90 Å². The number of aromatic nitrogens is 1. The average Bonchev–Trinajstić information content (AvgIpc) is 3.14. The van der Waals surface area contributed by atoms with Crippen LogP contribution in [-0.2, 0) is 6.42 Å². The van der Waals surface area contributed by atoms with E-state index in [1.54, 1.807) is 29.5 Å². The molecule has 2 aromatic carbocycles. The summed E-state index contributed by atoms with van der Waals surface area (Å²) in [5.41, 5.74) is 3.32. The van der Waals surface area contributed by atoms with E-state index < -0.39 is 0 Å². The highest BCUT2D eigenvalue weighted by atomic mass is 32.1. The molecule has 0 bridgehead atoms. The fourth-order valence-corrected chi connectivity index (χ4v) is 3.92. The second-order valence-corrected chi connectivity index (χ2v) is 7.14. The van der Waals surface area contributed by atoms with Crippen LogP contribution in [0.4, 0.5) is 0 Å². The standard InChI is InChI=1S/C22H18N2O2S/c25-16-10-8-15(9-11-16)12-13-23-22(26)20-6-3-5-19(24-20)18-14-27-21-7-2-1-4-17(18)21/h1-11,14,25H,12-13H2,(H,23,26). The Labute approximate surface area is 161 Å². The van der Waals surface area contributed by atoms with Crippen molar-refractivity contribution in [2.75, 3.05) is 6.54 Å². The molecule has 0 aliphatic heterocycles. The van der Waals surface area contributed by atoms with E-state index in [1.165, 1.54) is 4.70 Å². The molecule has 134 valence electrons. The SMILES string of the molecule is O=C(NCCc1ccc(O)cc1)c1cccc(-c2csc3ccccc23)n1. The van der Waals surface area contributed by atoms with Gasteiger partial charge in [0.1, 0.15) is 11.4 Å². The molecule has 0 saturated heterocycles. The number of rotatable bonds is 5. The number of nitrogens with zero attached hydrogens (tertiary/aromatic N) is 1. The summed E-state index contributed by atoms with van der Waals surface area (Å²) >= 11 is 1.68. The van der Waals surface area contributed by atoms with E-state index in [0.29, 0.717) is 18.7 Å². The molecule has 0 unspecified atom stereocenters. The third-order valence-electron chi connectivity index (χ3n) is 4.37. The maximum absolute atomic E-state index is 12.5. The number of pyridine rings is 1. The molecule has 0 aliphatic rings. The van der Waals surface area contributed by atoms with E-state index in [1.807, 2.05) is 36.4 Å². The Hall–Kier alpha value is -3.18. The fraction of sp³-hybridized carbons (Fsp3) is 0.0909. The van der Waals surface area contributed by atoms with Crippen molar-refractivity contribution in [1.82, 2.24) is 10.3 Å². The Morgan fingerprint density at radius 3 is 2.67 bits per heavy atom. The molecule has 0 saturated carbocycles. The van der Waals surface area contributed by atoms with Gasteiger partial charge in [0.15, 0.2) is 0 Å². The van der Waals surface area contributed by atoms with Gasteiger partial charge >= 0.3 is 0 Å². The Balaban J connectivity index is 1.47. The van der Waals surface area contributed by atoms with Crippen molar-refractivity contribution in [3.05, 3.63) is 83.4 Å². The van der Waals surface area contributed by atoms with E-state index in [0.717, 1.165) is 22.2 Å². The minimum Gasteiger partial charge on any atom is -0.508 e. The number of hydrogen-bond donors (Lipinski definition) is 2. The van der Waals surface area contributed by atoms with Crippen molar-refractivity contribution >= 4 is 27.3 Å². The molecule has 2 N–H and O–H groups in total. The van der Waals surface area contributed by atoms with Gasteiger partial charge in [-0.25, -0.2) is 4.98 Å². The Morgan fingerprint density at radius 1 is 1.00 bits per heavy atom. The fourth-order valence-electron chi connectivity index (χ4n) is 2.96. The first-order chi connectivity index (χ1) is 13.2. The molecule has 5 heteroatoms. The molecular weight excluding hydrogens is 356 g/mol. The first kappa shape index (κ1) is 17.2. The molecule has 4 rings (SSSR count). The summed E-state index contributed by atoms with van der Waals surface area (Å²) in [5, 5.41) is 15.5. The molecule has 2 heterocycles. The molecule has 0 atom stereocenters. The zero-order valence-corrected chi connectivity index (χ0v) is 15.4. The maximum Gasteiger partial charge on any atom is 0.269 e. The second-order valence-electron chi connectivity index (χ2n) is 6.23. The molecule has 0 fully saturated rings. The topological polar surface area (TPSA) is 62.2 Å². The number of phenolic OH excluding ortho intramolecular Hbond substituents is 1. The van der Waals surface area contributed by atoms with Crippen molar-refractivity contribution in [2.24, 2.45) is 0 Å². The number of thiophene rings is 1. The zero-order chi connectivity index (χ0) is 18.6. The van der Waals surface area contributed by atoms with Gasteiger partial charge in [0.25, 0.3) is 5.91 Å². The van der Waals surface area contributed by atoms with Crippen LogP contribution in [0.2, 0.25) is 0 Å². The number of amides is 1. The van der Waals surface area contributed by atoms with Crippen LogP contribution in [0.5, 0.6) is 5.75 Å². The lowest BCUT2D eigenvalue weighted by atomic mass is 10.1. The van der Waals surface area contributed by atoms with E-state index in [2.05, 4.69) is 27.8 Å². The number of carbonyl (C=O) groups is 1. The average molecular weight is 374 g/mol. The Morgan fingerprint density at radius 2 is 1.81 bits per heavy atom. The Bertz CT molecular complexity index is 1090. The lowest BCUT2D eigenvalue weighted by Gasteiger charge is -2.07. The van der Waals surface area contributed by atoms with Crippen LogP contribution in [0.1, 0.15) is 16.1 Å². The third-order valence-corrected chi connectivity index (χ3v) is 5.34. The van der Waals surface area contributed by atoms with Crippen molar-refractivity contribution in [3.63, 3.8) is 0 Å². The lowest BCUT2D eigenvalue weighted by molar-refractivity contribution is 0.0949. The maximum atomic E-state index is 12.5. The summed E-state index contributed by atoms with van der Waals surface area (Å²) in [5.74, 6) is 0.0555. The highest BCUT2D eigenvalue weighted by Gasteiger charge is 2.11. The number of fused-ring (bicyclic) bond motifs is 1.